The first-order valence-corrected chi connectivity index (χ1v) is 8.17. The van der Waals surface area contributed by atoms with E-state index in [1.54, 1.807) is 49.4 Å². The summed E-state index contributed by atoms with van der Waals surface area (Å²) in [5.41, 5.74) is 1.78. The van der Waals surface area contributed by atoms with Crippen LogP contribution in [0.5, 0.6) is 5.75 Å². The zero-order chi connectivity index (χ0) is 18.4. The highest BCUT2D eigenvalue weighted by Crippen LogP contribution is 2.17. The van der Waals surface area contributed by atoms with Gasteiger partial charge in [-0.3, -0.25) is 4.79 Å². The topological polar surface area (TPSA) is 55.8 Å². The van der Waals surface area contributed by atoms with E-state index >= 15 is 0 Å². The summed E-state index contributed by atoms with van der Waals surface area (Å²) in [6.07, 6.45) is -0.867. The fourth-order valence-corrected chi connectivity index (χ4v) is 2.31. The number of anilines is 1. The first-order valence-electron chi connectivity index (χ1n) is 8.17. The Morgan fingerprint density at radius 1 is 1.04 bits per heavy atom. The van der Waals surface area contributed by atoms with Gasteiger partial charge in [-0.15, -0.1) is 0 Å². The summed E-state index contributed by atoms with van der Waals surface area (Å²) in [5, 5.41) is 0. The standard InChI is InChI=1S/C20H23NO4/c1-5-24-18-11-9-15(10-12-18)19(22)14(2)25-20(23)16-7-6-8-17(13-16)21(3)4/h6-14H,5H2,1-4H3/t14-/m0/s1. The van der Waals surface area contributed by atoms with E-state index in [0.717, 1.165) is 5.69 Å². The van der Waals surface area contributed by atoms with E-state index in [4.69, 9.17) is 9.47 Å². The Labute approximate surface area is 148 Å². The van der Waals surface area contributed by atoms with Crippen molar-refractivity contribution in [1.82, 2.24) is 0 Å². The van der Waals surface area contributed by atoms with E-state index in [1.165, 1.54) is 0 Å². The number of carbonyl (C=O) groups excluding carboxylic acids is 2. The molecule has 0 fully saturated rings. The molecule has 0 aliphatic carbocycles. The van der Waals surface area contributed by atoms with Crippen molar-refractivity contribution in [2.24, 2.45) is 0 Å². The van der Waals surface area contributed by atoms with Crippen molar-refractivity contribution in [2.75, 3.05) is 25.6 Å². The summed E-state index contributed by atoms with van der Waals surface area (Å²) in [5.74, 6) is -0.0696. The van der Waals surface area contributed by atoms with E-state index in [0.29, 0.717) is 23.5 Å². The first kappa shape index (κ1) is 18.5. The van der Waals surface area contributed by atoms with Crippen LogP contribution in [-0.2, 0) is 4.74 Å². The molecule has 0 saturated heterocycles. The third kappa shape index (κ3) is 4.83. The number of carbonyl (C=O) groups is 2. The number of ether oxygens (including phenoxy) is 2. The van der Waals surface area contributed by atoms with Gasteiger partial charge in [-0.1, -0.05) is 6.07 Å². The van der Waals surface area contributed by atoms with E-state index in [9.17, 15) is 9.59 Å². The van der Waals surface area contributed by atoms with Crippen molar-refractivity contribution in [2.45, 2.75) is 20.0 Å². The fraction of sp³-hybridized carbons (Fsp3) is 0.300. The molecular formula is C20H23NO4. The predicted octanol–water partition coefficient (Wildman–Crippen LogP) is 3.58. The molecule has 0 N–H and O–H groups in total. The number of nitrogens with zero attached hydrogens (tertiary/aromatic N) is 1. The minimum atomic E-state index is -0.867. The molecule has 5 heteroatoms. The maximum absolute atomic E-state index is 12.4. The Morgan fingerprint density at radius 3 is 2.32 bits per heavy atom. The van der Waals surface area contributed by atoms with Crippen molar-refractivity contribution in [3.63, 3.8) is 0 Å². The first-order chi connectivity index (χ1) is 11.9. The third-order valence-electron chi connectivity index (χ3n) is 3.70. The smallest absolute Gasteiger partial charge is 0.338 e. The van der Waals surface area contributed by atoms with Gasteiger partial charge in [-0.05, 0) is 56.3 Å². The average Bonchev–Trinajstić information content (AvgIpc) is 2.62. The monoisotopic (exact) mass is 341 g/mol. The van der Waals surface area contributed by atoms with Crippen molar-refractivity contribution in [3.05, 3.63) is 59.7 Å². The molecule has 0 amide bonds. The normalized spacial score (nSPS) is 11.5. The number of benzene rings is 2. The molecule has 2 aromatic rings. The highest BCUT2D eigenvalue weighted by molar-refractivity contribution is 6.01. The van der Waals surface area contributed by atoms with E-state index in [2.05, 4.69) is 0 Å². The number of esters is 1. The van der Waals surface area contributed by atoms with Gasteiger partial charge in [0.05, 0.1) is 12.2 Å². The molecule has 0 unspecified atom stereocenters. The van der Waals surface area contributed by atoms with Crippen LogP contribution >= 0.6 is 0 Å². The molecule has 0 aliphatic rings. The summed E-state index contributed by atoms with van der Waals surface area (Å²) in [6.45, 7) is 4.03. The molecule has 0 saturated carbocycles. The molecule has 2 rings (SSSR count). The van der Waals surface area contributed by atoms with E-state index in [1.807, 2.05) is 32.0 Å². The zero-order valence-corrected chi connectivity index (χ0v) is 15.0. The number of hydrogen-bond acceptors (Lipinski definition) is 5. The predicted molar refractivity (Wildman–Crippen MR) is 97.6 cm³/mol. The van der Waals surface area contributed by atoms with Crippen LogP contribution in [0.4, 0.5) is 5.69 Å². The Balaban J connectivity index is 2.05. The van der Waals surface area contributed by atoms with E-state index in [-0.39, 0.29) is 5.78 Å². The summed E-state index contributed by atoms with van der Waals surface area (Å²) < 4.78 is 10.7. The highest BCUT2D eigenvalue weighted by atomic mass is 16.5. The van der Waals surface area contributed by atoms with Gasteiger partial charge in [0.1, 0.15) is 5.75 Å². The summed E-state index contributed by atoms with van der Waals surface area (Å²) in [4.78, 5) is 26.6. The van der Waals surface area contributed by atoms with Crippen molar-refractivity contribution in [1.29, 1.82) is 0 Å². The second kappa shape index (κ2) is 8.33. The maximum Gasteiger partial charge on any atom is 0.338 e. The lowest BCUT2D eigenvalue weighted by Crippen LogP contribution is -2.24. The molecule has 0 spiro atoms. The van der Waals surface area contributed by atoms with Crippen LogP contribution in [-0.4, -0.2) is 38.6 Å². The molecule has 0 bridgehead atoms. The van der Waals surface area contributed by atoms with Crippen LogP contribution in [0, 0.1) is 0 Å². The molecular weight excluding hydrogens is 318 g/mol. The molecule has 1 atom stereocenters. The quantitative estimate of drug-likeness (QED) is 0.569. The van der Waals surface area contributed by atoms with Crippen LogP contribution in [0.15, 0.2) is 48.5 Å². The molecule has 0 aliphatic heterocycles. The molecule has 5 nitrogen and oxygen atoms in total. The number of hydrogen-bond donors (Lipinski definition) is 0. The van der Waals surface area contributed by atoms with Gasteiger partial charge in [-0.2, -0.15) is 0 Å². The molecule has 132 valence electrons. The largest absolute Gasteiger partial charge is 0.494 e. The molecule has 25 heavy (non-hydrogen) atoms. The summed E-state index contributed by atoms with van der Waals surface area (Å²) in [7, 11) is 3.78. The fourth-order valence-electron chi connectivity index (χ4n) is 2.31. The van der Waals surface area contributed by atoms with E-state index < -0.39 is 12.1 Å². The Bertz CT molecular complexity index is 738. The van der Waals surface area contributed by atoms with Crippen molar-refractivity contribution < 1.29 is 19.1 Å². The summed E-state index contributed by atoms with van der Waals surface area (Å²) >= 11 is 0. The second-order valence-electron chi connectivity index (χ2n) is 5.81. The van der Waals surface area contributed by atoms with Crippen LogP contribution in [0.25, 0.3) is 0 Å². The van der Waals surface area contributed by atoms with Crippen molar-refractivity contribution in [3.8, 4) is 5.75 Å². The van der Waals surface area contributed by atoms with Gasteiger partial charge < -0.3 is 14.4 Å². The average molecular weight is 341 g/mol. The lowest BCUT2D eigenvalue weighted by atomic mass is 10.1. The maximum atomic E-state index is 12.4. The van der Waals surface area contributed by atoms with Gasteiger partial charge >= 0.3 is 5.97 Å². The molecule has 0 heterocycles. The summed E-state index contributed by atoms with van der Waals surface area (Å²) in [6, 6.07) is 13.9. The van der Waals surface area contributed by atoms with Gasteiger partial charge in [0.25, 0.3) is 0 Å². The number of ketones is 1. The lowest BCUT2D eigenvalue weighted by Gasteiger charge is -2.15. The lowest BCUT2D eigenvalue weighted by molar-refractivity contribution is 0.0319. The zero-order valence-electron chi connectivity index (χ0n) is 15.0. The van der Waals surface area contributed by atoms with Crippen LogP contribution in [0.1, 0.15) is 34.6 Å². The van der Waals surface area contributed by atoms with Crippen molar-refractivity contribution >= 4 is 17.4 Å². The van der Waals surface area contributed by atoms with Crippen LogP contribution < -0.4 is 9.64 Å². The van der Waals surface area contributed by atoms with Gasteiger partial charge in [-0.25, -0.2) is 4.79 Å². The van der Waals surface area contributed by atoms with Crippen LogP contribution in [0.3, 0.4) is 0 Å². The molecule has 0 aromatic heterocycles. The Hall–Kier alpha value is -2.82. The minimum Gasteiger partial charge on any atom is -0.494 e. The number of Topliss-reactive ketones (excluding diaryl/α,β-unsaturated/α-hetero) is 1. The molecule has 0 radical (unpaired) electrons. The highest BCUT2D eigenvalue weighted by Gasteiger charge is 2.20. The van der Waals surface area contributed by atoms with Gasteiger partial charge in [0.2, 0.25) is 5.78 Å². The van der Waals surface area contributed by atoms with Gasteiger partial charge in [0, 0.05) is 25.3 Å². The van der Waals surface area contributed by atoms with Gasteiger partial charge in [0.15, 0.2) is 6.10 Å². The Kier molecular flexibility index (Phi) is 6.17. The second-order valence-corrected chi connectivity index (χ2v) is 5.81. The number of rotatable bonds is 7. The third-order valence-corrected chi connectivity index (χ3v) is 3.70. The Morgan fingerprint density at radius 2 is 1.72 bits per heavy atom. The SMILES string of the molecule is CCOc1ccc(C(=O)[C@H](C)OC(=O)c2cccc(N(C)C)c2)cc1. The van der Waals surface area contributed by atoms with Crippen LogP contribution in [0.2, 0.25) is 0 Å². The molecule has 2 aromatic carbocycles. The minimum absolute atomic E-state index is 0.250.